The van der Waals surface area contributed by atoms with E-state index in [1.807, 2.05) is 61.5 Å². The van der Waals surface area contributed by atoms with Gasteiger partial charge in [-0.1, -0.05) is 66.7 Å². The molecule has 0 radical (unpaired) electrons. The van der Waals surface area contributed by atoms with Gasteiger partial charge >= 0.3 is 0 Å². The highest BCUT2D eigenvalue weighted by atomic mass is 32.2. The van der Waals surface area contributed by atoms with Crippen LogP contribution < -0.4 is 5.32 Å². The number of amides is 1. The first-order valence-corrected chi connectivity index (χ1v) is 13.1. The van der Waals surface area contributed by atoms with Gasteiger partial charge in [-0.05, 0) is 54.2 Å². The molecule has 0 saturated carbocycles. The van der Waals surface area contributed by atoms with Crippen LogP contribution in [0.4, 0.5) is 4.39 Å². The monoisotopic (exact) mass is 480 g/mol. The number of carbonyl (C=O) groups is 1. The van der Waals surface area contributed by atoms with Crippen molar-refractivity contribution in [3.63, 3.8) is 0 Å². The molecule has 3 aromatic rings. The molecule has 1 aliphatic rings. The van der Waals surface area contributed by atoms with E-state index in [1.165, 1.54) is 28.6 Å². The van der Waals surface area contributed by atoms with Crippen LogP contribution in [0.2, 0.25) is 0 Å². The summed E-state index contributed by atoms with van der Waals surface area (Å²) in [5, 5.41) is 3.22. The molecule has 1 aliphatic heterocycles. The molecule has 0 aliphatic carbocycles. The lowest BCUT2D eigenvalue weighted by atomic mass is 9.92. The van der Waals surface area contributed by atoms with Gasteiger partial charge < -0.3 is 5.32 Å². The fourth-order valence-corrected chi connectivity index (χ4v) is 6.00. The van der Waals surface area contributed by atoms with Gasteiger partial charge in [-0.3, -0.25) is 4.79 Å². The molecule has 7 heteroatoms. The second-order valence-corrected chi connectivity index (χ2v) is 10.7. The van der Waals surface area contributed by atoms with Crippen molar-refractivity contribution in [2.45, 2.75) is 31.6 Å². The standard InChI is InChI=1S/C27H29FN2O3S/c1-20-7-5-6-10-25(20)26(22-8-3-2-4-9-22)29-27(31)23-15-17-30(18-16-23)34(32,33)19-21-11-13-24(28)14-12-21/h2-14,23,26H,15-19H2,1H3,(H,29,31)/t26-/m0/s1. The number of hydrogen-bond donors (Lipinski definition) is 1. The van der Waals surface area contributed by atoms with Gasteiger partial charge in [-0.2, -0.15) is 0 Å². The van der Waals surface area contributed by atoms with Gasteiger partial charge in [0.2, 0.25) is 15.9 Å². The zero-order chi connectivity index (χ0) is 24.1. The number of benzene rings is 3. The Morgan fingerprint density at radius 3 is 2.24 bits per heavy atom. The normalized spacial score (nSPS) is 16.2. The van der Waals surface area contributed by atoms with Crippen LogP contribution >= 0.6 is 0 Å². The highest BCUT2D eigenvalue weighted by Gasteiger charge is 2.32. The predicted molar refractivity (Wildman–Crippen MR) is 131 cm³/mol. The molecule has 1 amide bonds. The molecule has 1 N–H and O–H groups in total. The van der Waals surface area contributed by atoms with E-state index in [4.69, 9.17) is 0 Å². The smallest absolute Gasteiger partial charge is 0.223 e. The van der Waals surface area contributed by atoms with E-state index >= 15 is 0 Å². The molecule has 0 bridgehead atoms. The highest BCUT2D eigenvalue weighted by molar-refractivity contribution is 7.88. The third kappa shape index (κ3) is 5.72. The second kappa shape index (κ2) is 10.5. The predicted octanol–water partition coefficient (Wildman–Crippen LogP) is 4.58. The number of nitrogens with one attached hydrogen (secondary N) is 1. The summed E-state index contributed by atoms with van der Waals surface area (Å²) in [6.45, 7) is 2.62. The first kappa shape index (κ1) is 24.1. The van der Waals surface area contributed by atoms with Crippen molar-refractivity contribution in [1.82, 2.24) is 9.62 Å². The van der Waals surface area contributed by atoms with Crippen molar-refractivity contribution in [2.75, 3.05) is 13.1 Å². The van der Waals surface area contributed by atoms with Gasteiger partial charge in [0, 0.05) is 19.0 Å². The summed E-state index contributed by atoms with van der Waals surface area (Å²) in [4.78, 5) is 13.2. The Morgan fingerprint density at radius 1 is 0.971 bits per heavy atom. The molecule has 1 saturated heterocycles. The summed E-state index contributed by atoms with van der Waals surface area (Å²) < 4.78 is 40.2. The van der Waals surface area contributed by atoms with Gasteiger partial charge in [0.05, 0.1) is 11.8 Å². The molecule has 34 heavy (non-hydrogen) atoms. The lowest BCUT2D eigenvalue weighted by Crippen LogP contribution is -2.44. The van der Waals surface area contributed by atoms with Crippen molar-refractivity contribution in [3.05, 3.63) is 107 Å². The van der Waals surface area contributed by atoms with Crippen LogP contribution in [-0.2, 0) is 20.6 Å². The number of halogens is 1. The minimum Gasteiger partial charge on any atom is -0.345 e. The van der Waals surface area contributed by atoms with Crippen molar-refractivity contribution in [3.8, 4) is 0 Å². The largest absolute Gasteiger partial charge is 0.345 e. The van der Waals surface area contributed by atoms with Crippen LogP contribution in [0.25, 0.3) is 0 Å². The maximum Gasteiger partial charge on any atom is 0.223 e. The average molecular weight is 481 g/mol. The van der Waals surface area contributed by atoms with E-state index in [2.05, 4.69) is 5.32 Å². The Kier molecular flexibility index (Phi) is 7.44. The molecular weight excluding hydrogens is 451 g/mol. The van der Waals surface area contributed by atoms with E-state index in [0.29, 0.717) is 31.5 Å². The quantitative estimate of drug-likeness (QED) is 0.538. The van der Waals surface area contributed by atoms with E-state index < -0.39 is 15.8 Å². The summed E-state index contributed by atoms with van der Waals surface area (Å²) in [5.74, 6) is -0.888. The van der Waals surface area contributed by atoms with Crippen LogP contribution in [0.15, 0.2) is 78.9 Å². The molecule has 178 valence electrons. The Bertz CT molecular complexity index is 1220. The molecule has 0 spiro atoms. The van der Waals surface area contributed by atoms with Gasteiger partial charge in [0.1, 0.15) is 5.82 Å². The van der Waals surface area contributed by atoms with Gasteiger partial charge in [-0.25, -0.2) is 17.1 Å². The lowest BCUT2D eigenvalue weighted by Gasteiger charge is -2.32. The summed E-state index contributed by atoms with van der Waals surface area (Å²) in [7, 11) is -3.53. The fraction of sp³-hybridized carbons (Fsp3) is 0.296. The third-order valence-corrected chi connectivity index (χ3v) is 8.25. The van der Waals surface area contributed by atoms with E-state index in [-0.39, 0.29) is 23.6 Å². The number of rotatable bonds is 7. The molecular formula is C27H29FN2O3S. The topological polar surface area (TPSA) is 66.5 Å². The maximum atomic E-state index is 13.2. The summed E-state index contributed by atoms with van der Waals surface area (Å²) in [5.41, 5.74) is 3.69. The van der Waals surface area contributed by atoms with Gasteiger partial charge in [-0.15, -0.1) is 0 Å². The molecule has 4 rings (SSSR count). The molecule has 0 aromatic heterocycles. The van der Waals surface area contributed by atoms with Crippen LogP contribution in [0.1, 0.15) is 41.1 Å². The van der Waals surface area contributed by atoms with Gasteiger partial charge in [0.25, 0.3) is 0 Å². The Balaban J connectivity index is 1.42. The number of carbonyl (C=O) groups excluding carboxylic acids is 1. The van der Waals surface area contributed by atoms with Crippen molar-refractivity contribution >= 4 is 15.9 Å². The number of nitrogens with zero attached hydrogens (tertiary/aromatic N) is 1. The molecule has 5 nitrogen and oxygen atoms in total. The Labute approximate surface area is 200 Å². The minimum absolute atomic E-state index is 0.0623. The Hall–Kier alpha value is -3.03. The number of sulfonamides is 1. The fourth-order valence-electron chi connectivity index (χ4n) is 4.44. The van der Waals surface area contributed by atoms with Crippen LogP contribution in [0.3, 0.4) is 0 Å². The molecule has 1 heterocycles. The third-order valence-electron chi connectivity index (χ3n) is 6.40. The second-order valence-electron chi connectivity index (χ2n) is 8.76. The summed E-state index contributed by atoms with van der Waals surface area (Å²) in [6.07, 6.45) is 0.924. The Morgan fingerprint density at radius 2 is 1.59 bits per heavy atom. The van der Waals surface area contributed by atoms with Crippen LogP contribution in [-0.4, -0.2) is 31.7 Å². The lowest BCUT2D eigenvalue weighted by molar-refractivity contribution is -0.126. The number of aryl methyl sites for hydroxylation is 1. The zero-order valence-electron chi connectivity index (χ0n) is 19.2. The molecule has 0 unspecified atom stereocenters. The average Bonchev–Trinajstić information content (AvgIpc) is 2.85. The maximum absolute atomic E-state index is 13.2. The molecule has 3 aromatic carbocycles. The first-order chi connectivity index (χ1) is 16.3. The summed E-state index contributed by atoms with van der Waals surface area (Å²) in [6, 6.07) is 23.1. The zero-order valence-corrected chi connectivity index (χ0v) is 20.0. The van der Waals surface area contributed by atoms with Gasteiger partial charge in [0.15, 0.2) is 0 Å². The van der Waals surface area contributed by atoms with E-state index in [9.17, 15) is 17.6 Å². The molecule has 1 atom stereocenters. The van der Waals surface area contributed by atoms with E-state index in [0.717, 1.165) is 16.7 Å². The highest BCUT2D eigenvalue weighted by Crippen LogP contribution is 2.27. The SMILES string of the molecule is Cc1ccccc1[C@@H](NC(=O)C1CCN(S(=O)(=O)Cc2ccc(F)cc2)CC1)c1ccccc1. The van der Waals surface area contributed by atoms with Crippen molar-refractivity contribution in [1.29, 1.82) is 0 Å². The first-order valence-electron chi connectivity index (χ1n) is 11.5. The number of hydrogen-bond acceptors (Lipinski definition) is 3. The minimum atomic E-state index is -3.53. The number of piperidine rings is 1. The summed E-state index contributed by atoms with van der Waals surface area (Å²) >= 11 is 0. The van der Waals surface area contributed by atoms with Crippen molar-refractivity contribution in [2.24, 2.45) is 5.92 Å². The van der Waals surface area contributed by atoms with Crippen LogP contribution in [0.5, 0.6) is 0 Å². The van der Waals surface area contributed by atoms with E-state index in [1.54, 1.807) is 0 Å². The molecule has 1 fully saturated rings. The van der Waals surface area contributed by atoms with Crippen molar-refractivity contribution < 1.29 is 17.6 Å². The van der Waals surface area contributed by atoms with Crippen LogP contribution in [0, 0.1) is 18.7 Å².